The molecule has 2 N–H and O–H groups in total. The van der Waals surface area contributed by atoms with Crippen molar-refractivity contribution in [2.45, 2.75) is 38.1 Å². The molecule has 2 aliphatic rings. The highest BCUT2D eigenvalue weighted by Gasteiger charge is 2.46. The Bertz CT molecular complexity index is 557. The molecule has 5 nitrogen and oxygen atoms in total. The standard InChI is InChI=1S/C15H20N2O3S/c1-9-4-5-13(21-9)11-7-12(11)14(18)20-8-10-3-2-6-17(10)15(16)19/h4-5,10-12H,2-3,6-8H2,1H3,(H2,16,19). The van der Waals surface area contributed by atoms with Crippen molar-refractivity contribution < 1.29 is 14.3 Å². The number of nitrogens with two attached hydrogens (primary N) is 1. The summed E-state index contributed by atoms with van der Waals surface area (Å²) in [4.78, 5) is 27.5. The molecule has 0 aromatic carbocycles. The third-order valence-corrected chi connectivity index (χ3v) is 5.43. The number of thiophene rings is 1. The molecule has 0 radical (unpaired) electrons. The lowest BCUT2D eigenvalue weighted by Gasteiger charge is -2.22. The Morgan fingerprint density at radius 1 is 1.48 bits per heavy atom. The van der Waals surface area contributed by atoms with Crippen LogP contribution in [0.5, 0.6) is 0 Å². The minimum Gasteiger partial charge on any atom is -0.463 e. The first-order chi connectivity index (χ1) is 10.1. The molecule has 21 heavy (non-hydrogen) atoms. The van der Waals surface area contributed by atoms with Crippen molar-refractivity contribution in [2.24, 2.45) is 11.7 Å². The highest BCUT2D eigenvalue weighted by Crippen LogP contribution is 2.50. The molecule has 3 atom stereocenters. The molecule has 1 aromatic heterocycles. The quantitative estimate of drug-likeness (QED) is 0.867. The van der Waals surface area contributed by atoms with Crippen LogP contribution in [0.4, 0.5) is 4.79 Å². The van der Waals surface area contributed by atoms with Crippen LogP contribution < -0.4 is 5.73 Å². The van der Waals surface area contributed by atoms with Crippen molar-refractivity contribution in [3.63, 3.8) is 0 Å². The lowest BCUT2D eigenvalue weighted by molar-refractivity contribution is -0.146. The van der Waals surface area contributed by atoms with Crippen LogP contribution in [0.3, 0.4) is 0 Å². The maximum absolute atomic E-state index is 12.1. The van der Waals surface area contributed by atoms with Crippen molar-refractivity contribution in [1.29, 1.82) is 0 Å². The average Bonchev–Trinajstić information content (AvgIpc) is 2.90. The Kier molecular flexibility index (Phi) is 3.89. The fourth-order valence-corrected chi connectivity index (χ4v) is 4.06. The molecule has 2 heterocycles. The Hall–Kier alpha value is -1.56. The average molecular weight is 308 g/mol. The number of aryl methyl sites for hydroxylation is 1. The zero-order chi connectivity index (χ0) is 15.0. The number of carbonyl (C=O) groups excluding carboxylic acids is 2. The number of ether oxygens (including phenoxy) is 1. The number of hydrogen-bond donors (Lipinski definition) is 1. The lowest BCUT2D eigenvalue weighted by Crippen LogP contribution is -2.42. The zero-order valence-electron chi connectivity index (χ0n) is 12.1. The van der Waals surface area contributed by atoms with Crippen molar-refractivity contribution in [2.75, 3.05) is 13.2 Å². The van der Waals surface area contributed by atoms with Crippen molar-refractivity contribution >= 4 is 23.3 Å². The van der Waals surface area contributed by atoms with Crippen LogP contribution in [0.1, 0.15) is 34.9 Å². The van der Waals surface area contributed by atoms with E-state index in [4.69, 9.17) is 10.5 Å². The van der Waals surface area contributed by atoms with Crippen molar-refractivity contribution in [3.8, 4) is 0 Å². The van der Waals surface area contributed by atoms with E-state index in [2.05, 4.69) is 19.1 Å². The molecule has 1 aromatic rings. The Morgan fingerprint density at radius 2 is 2.29 bits per heavy atom. The molecule has 2 fully saturated rings. The molecule has 0 bridgehead atoms. The highest BCUT2D eigenvalue weighted by molar-refractivity contribution is 7.12. The van der Waals surface area contributed by atoms with Gasteiger partial charge in [-0.15, -0.1) is 11.3 Å². The van der Waals surface area contributed by atoms with Crippen LogP contribution in [0.25, 0.3) is 0 Å². The highest BCUT2D eigenvalue weighted by atomic mass is 32.1. The summed E-state index contributed by atoms with van der Waals surface area (Å²) in [6.07, 6.45) is 2.66. The second kappa shape index (κ2) is 5.67. The van der Waals surface area contributed by atoms with E-state index in [1.165, 1.54) is 9.75 Å². The summed E-state index contributed by atoms with van der Waals surface area (Å²) < 4.78 is 5.41. The van der Waals surface area contributed by atoms with Crippen LogP contribution in [0, 0.1) is 12.8 Å². The van der Waals surface area contributed by atoms with Gasteiger partial charge in [-0.05, 0) is 38.3 Å². The van der Waals surface area contributed by atoms with Gasteiger partial charge in [-0.25, -0.2) is 4.79 Å². The number of primary amides is 1. The van der Waals surface area contributed by atoms with E-state index in [0.717, 1.165) is 19.3 Å². The predicted molar refractivity (Wildman–Crippen MR) is 80.2 cm³/mol. The number of hydrogen-bond acceptors (Lipinski definition) is 4. The molecule has 1 saturated heterocycles. The number of esters is 1. The van der Waals surface area contributed by atoms with Gasteiger partial charge in [0.15, 0.2) is 0 Å². The normalized spacial score (nSPS) is 27.7. The van der Waals surface area contributed by atoms with Gasteiger partial charge >= 0.3 is 12.0 Å². The van der Waals surface area contributed by atoms with Crippen LogP contribution in [-0.4, -0.2) is 36.1 Å². The van der Waals surface area contributed by atoms with E-state index >= 15 is 0 Å². The van der Waals surface area contributed by atoms with Gasteiger partial charge in [0.2, 0.25) is 0 Å². The molecule has 0 spiro atoms. The summed E-state index contributed by atoms with van der Waals surface area (Å²) in [5, 5.41) is 0. The van der Waals surface area contributed by atoms with E-state index in [1.54, 1.807) is 16.2 Å². The second-order valence-corrected chi connectivity index (χ2v) is 7.17. The van der Waals surface area contributed by atoms with Gasteiger partial charge in [0, 0.05) is 22.2 Å². The topological polar surface area (TPSA) is 72.6 Å². The van der Waals surface area contributed by atoms with Crippen molar-refractivity contribution in [1.82, 2.24) is 4.90 Å². The van der Waals surface area contributed by atoms with Crippen molar-refractivity contribution in [3.05, 3.63) is 21.9 Å². The van der Waals surface area contributed by atoms with Gasteiger partial charge in [0.1, 0.15) is 6.61 Å². The van der Waals surface area contributed by atoms with E-state index in [9.17, 15) is 9.59 Å². The number of urea groups is 1. The second-order valence-electron chi connectivity index (χ2n) is 5.85. The van der Waals surface area contributed by atoms with Gasteiger partial charge in [-0.3, -0.25) is 4.79 Å². The number of rotatable bonds is 4. The SMILES string of the molecule is Cc1ccc(C2CC2C(=O)OCC2CCCN2C(N)=O)s1. The third-order valence-electron chi connectivity index (χ3n) is 4.30. The number of nitrogens with zero attached hydrogens (tertiary/aromatic N) is 1. The largest absolute Gasteiger partial charge is 0.463 e. The number of amides is 2. The van der Waals surface area contributed by atoms with Crippen LogP contribution in [-0.2, 0) is 9.53 Å². The Balaban J connectivity index is 1.48. The Labute approximate surface area is 128 Å². The molecule has 114 valence electrons. The predicted octanol–water partition coefficient (Wildman–Crippen LogP) is 2.25. The third kappa shape index (κ3) is 3.05. The first-order valence-electron chi connectivity index (χ1n) is 7.35. The van der Waals surface area contributed by atoms with Gasteiger partial charge in [0.25, 0.3) is 0 Å². The summed E-state index contributed by atoms with van der Waals surface area (Å²) in [7, 11) is 0. The maximum atomic E-state index is 12.1. The first-order valence-corrected chi connectivity index (χ1v) is 8.17. The fraction of sp³-hybridized carbons (Fsp3) is 0.600. The van der Waals surface area contributed by atoms with E-state index in [1.807, 2.05) is 0 Å². The summed E-state index contributed by atoms with van der Waals surface area (Å²) in [6, 6.07) is 3.72. The monoisotopic (exact) mass is 308 g/mol. The molecule has 3 unspecified atom stereocenters. The van der Waals surface area contributed by atoms with Crippen LogP contribution >= 0.6 is 11.3 Å². The number of carbonyl (C=O) groups is 2. The fourth-order valence-electron chi connectivity index (χ4n) is 3.01. The molecule has 1 saturated carbocycles. The van der Waals surface area contributed by atoms with Crippen LogP contribution in [0.2, 0.25) is 0 Å². The number of likely N-dealkylation sites (tertiary alicyclic amines) is 1. The van der Waals surface area contributed by atoms with Crippen LogP contribution in [0.15, 0.2) is 12.1 Å². The van der Waals surface area contributed by atoms with E-state index < -0.39 is 6.03 Å². The maximum Gasteiger partial charge on any atom is 0.315 e. The molecule has 1 aliphatic carbocycles. The zero-order valence-corrected chi connectivity index (χ0v) is 12.9. The van der Waals surface area contributed by atoms with Gasteiger partial charge in [-0.1, -0.05) is 0 Å². The van der Waals surface area contributed by atoms with Gasteiger partial charge in [-0.2, -0.15) is 0 Å². The van der Waals surface area contributed by atoms with E-state index in [0.29, 0.717) is 12.5 Å². The molecule has 6 heteroatoms. The van der Waals surface area contributed by atoms with E-state index in [-0.39, 0.29) is 24.5 Å². The summed E-state index contributed by atoms with van der Waals surface area (Å²) in [6.45, 7) is 3.01. The minimum absolute atomic E-state index is 0.00789. The molecular weight excluding hydrogens is 288 g/mol. The molecule has 2 amide bonds. The van der Waals surface area contributed by atoms with Gasteiger partial charge < -0.3 is 15.4 Å². The van der Waals surface area contributed by atoms with Gasteiger partial charge in [0.05, 0.1) is 12.0 Å². The molecule has 1 aliphatic heterocycles. The smallest absolute Gasteiger partial charge is 0.315 e. The summed E-state index contributed by atoms with van der Waals surface area (Å²) in [5.41, 5.74) is 5.31. The summed E-state index contributed by atoms with van der Waals surface area (Å²) in [5.74, 6) is 0.181. The molecule has 3 rings (SSSR count). The minimum atomic E-state index is -0.424. The first kappa shape index (κ1) is 14.4. The summed E-state index contributed by atoms with van der Waals surface area (Å²) >= 11 is 1.75. The lowest BCUT2D eigenvalue weighted by atomic mass is 10.2. The Morgan fingerprint density at radius 3 is 2.95 bits per heavy atom. The molecular formula is C15H20N2O3S.